The molecule has 10 heteroatoms. The topological polar surface area (TPSA) is 86.7 Å². The van der Waals surface area contributed by atoms with Gasteiger partial charge in [0, 0.05) is 16.3 Å². The van der Waals surface area contributed by atoms with Crippen LogP contribution in [0.1, 0.15) is 11.1 Å². The molecule has 1 aliphatic rings. The highest BCUT2D eigenvalue weighted by atomic mass is 35.5. The molecule has 6 nitrogen and oxygen atoms in total. The third-order valence-corrected chi connectivity index (χ3v) is 7.61. The van der Waals surface area contributed by atoms with E-state index in [1.54, 1.807) is 48.5 Å². The number of aliphatic hydroxyl groups is 1. The molecule has 0 aliphatic carbocycles. The number of hydrogen-bond acceptors (Lipinski definition) is 4. The van der Waals surface area contributed by atoms with Crippen LogP contribution in [0.4, 0.5) is 11.4 Å². The molecule has 32 heavy (non-hydrogen) atoms. The number of benzene rings is 3. The summed E-state index contributed by atoms with van der Waals surface area (Å²) in [5.41, 5.74) is 1.35. The molecule has 0 atom stereocenters. The molecular formula is C22H15Cl3N2O4S. The zero-order chi connectivity index (χ0) is 23.0. The zero-order valence-corrected chi connectivity index (χ0v) is 19.3. The number of nitrogens with zero attached hydrogens (tertiary/aromatic N) is 1. The van der Waals surface area contributed by atoms with Crippen LogP contribution in [-0.2, 0) is 21.4 Å². The Labute approximate surface area is 199 Å². The molecule has 4 rings (SSSR count). The summed E-state index contributed by atoms with van der Waals surface area (Å²) in [5.74, 6) is -1.64. The SMILES string of the molecule is O=C(Nc1ccc(Cl)c(Cl)c1)C1=C(O)c2ccccc2N(Cc2ccc(Cl)cc2)S1(=O)=O. The van der Waals surface area contributed by atoms with Crippen LogP contribution in [-0.4, -0.2) is 19.4 Å². The number of anilines is 2. The lowest BCUT2D eigenvalue weighted by Crippen LogP contribution is -2.39. The van der Waals surface area contributed by atoms with Crippen LogP contribution in [0, 0.1) is 0 Å². The quantitative estimate of drug-likeness (QED) is 0.461. The van der Waals surface area contributed by atoms with Gasteiger partial charge < -0.3 is 10.4 Å². The van der Waals surface area contributed by atoms with Gasteiger partial charge in [-0.3, -0.25) is 9.10 Å². The molecule has 0 saturated heterocycles. The van der Waals surface area contributed by atoms with Crippen LogP contribution in [0.15, 0.2) is 71.6 Å². The predicted octanol–water partition coefficient (Wildman–Crippen LogP) is 5.86. The molecule has 0 aromatic heterocycles. The minimum Gasteiger partial charge on any atom is -0.506 e. The molecule has 1 aliphatic heterocycles. The molecule has 1 heterocycles. The van der Waals surface area contributed by atoms with E-state index < -0.39 is 26.6 Å². The van der Waals surface area contributed by atoms with Crippen molar-refractivity contribution < 1.29 is 18.3 Å². The number of halogens is 3. The van der Waals surface area contributed by atoms with E-state index in [0.29, 0.717) is 10.6 Å². The summed E-state index contributed by atoms with van der Waals surface area (Å²) < 4.78 is 28.0. The molecule has 164 valence electrons. The van der Waals surface area contributed by atoms with Crippen molar-refractivity contribution in [2.45, 2.75) is 6.54 Å². The largest absolute Gasteiger partial charge is 0.506 e. The van der Waals surface area contributed by atoms with Crippen LogP contribution < -0.4 is 9.62 Å². The van der Waals surface area contributed by atoms with Gasteiger partial charge in [0.2, 0.25) is 0 Å². The molecule has 0 fully saturated rings. The molecule has 1 amide bonds. The fourth-order valence-corrected chi connectivity index (χ4v) is 5.31. The van der Waals surface area contributed by atoms with Gasteiger partial charge in [0.1, 0.15) is 0 Å². The highest BCUT2D eigenvalue weighted by molar-refractivity contribution is 7.97. The summed E-state index contributed by atoms with van der Waals surface area (Å²) in [6, 6.07) is 17.4. The number of sulfonamides is 1. The lowest BCUT2D eigenvalue weighted by atomic mass is 10.1. The normalized spacial score (nSPS) is 14.8. The van der Waals surface area contributed by atoms with Gasteiger partial charge in [-0.25, -0.2) is 8.42 Å². The Balaban J connectivity index is 1.78. The van der Waals surface area contributed by atoms with Crippen LogP contribution in [0.3, 0.4) is 0 Å². The Bertz CT molecular complexity index is 1360. The number of nitrogens with one attached hydrogen (secondary N) is 1. The van der Waals surface area contributed by atoms with Crippen molar-refractivity contribution in [2.24, 2.45) is 0 Å². The van der Waals surface area contributed by atoms with Gasteiger partial charge in [-0.15, -0.1) is 0 Å². The zero-order valence-electron chi connectivity index (χ0n) is 16.2. The Kier molecular flexibility index (Phi) is 6.09. The second-order valence-electron chi connectivity index (χ2n) is 6.92. The van der Waals surface area contributed by atoms with Gasteiger partial charge in [-0.2, -0.15) is 0 Å². The molecule has 3 aromatic rings. The van der Waals surface area contributed by atoms with Crippen molar-refractivity contribution in [3.05, 3.63) is 97.8 Å². The van der Waals surface area contributed by atoms with Crippen LogP contribution >= 0.6 is 34.8 Å². The van der Waals surface area contributed by atoms with Crippen molar-refractivity contribution in [1.29, 1.82) is 0 Å². The van der Waals surface area contributed by atoms with Crippen molar-refractivity contribution >= 4 is 67.9 Å². The first kappa shape index (κ1) is 22.5. The van der Waals surface area contributed by atoms with Crippen LogP contribution in [0.25, 0.3) is 5.76 Å². The Morgan fingerprint density at radius 3 is 2.31 bits per heavy atom. The number of fused-ring (bicyclic) bond motifs is 1. The van der Waals surface area contributed by atoms with Gasteiger partial charge >= 0.3 is 0 Å². The average molecular weight is 510 g/mol. The van der Waals surface area contributed by atoms with Crippen molar-refractivity contribution in [2.75, 3.05) is 9.62 Å². The van der Waals surface area contributed by atoms with E-state index in [9.17, 15) is 18.3 Å². The van der Waals surface area contributed by atoms with Crippen molar-refractivity contribution in [1.82, 2.24) is 0 Å². The second kappa shape index (κ2) is 8.67. The predicted molar refractivity (Wildman–Crippen MR) is 128 cm³/mol. The second-order valence-corrected chi connectivity index (χ2v) is 9.97. The first-order chi connectivity index (χ1) is 15.2. The summed E-state index contributed by atoms with van der Waals surface area (Å²) in [7, 11) is -4.41. The number of amides is 1. The third-order valence-electron chi connectivity index (χ3n) is 4.81. The molecular weight excluding hydrogens is 495 g/mol. The molecule has 0 radical (unpaired) electrons. The number of para-hydroxylation sites is 1. The number of carbonyl (C=O) groups is 1. The Morgan fingerprint density at radius 2 is 1.62 bits per heavy atom. The fraction of sp³-hybridized carbons (Fsp3) is 0.0455. The van der Waals surface area contributed by atoms with E-state index in [1.165, 1.54) is 18.2 Å². The van der Waals surface area contributed by atoms with Crippen LogP contribution in [0.5, 0.6) is 0 Å². The number of rotatable bonds is 4. The first-order valence-electron chi connectivity index (χ1n) is 9.24. The summed E-state index contributed by atoms with van der Waals surface area (Å²) >= 11 is 17.8. The van der Waals surface area contributed by atoms with E-state index in [2.05, 4.69) is 5.32 Å². The summed E-state index contributed by atoms with van der Waals surface area (Å²) in [6.45, 7) is -0.0622. The monoisotopic (exact) mass is 508 g/mol. The van der Waals surface area contributed by atoms with Crippen molar-refractivity contribution in [3.63, 3.8) is 0 Å². The maximum atomic E-state index is 13.5. The average Bonchev–Trinajstić information content (AvgIpc) is 2.75. The maximum absolute atomic E-state index is 13.5. The standard InChI is InChI=1S/C22H15Cl3N2O4S/c23-14-7-5-13(6-8-14)12-27-19-4-2-1-3-16(19)20(28)21(32(27,30)31)22(29)26-15-9-10-17(24)18(25)11-15/h1-11,28H,12H2,(H,26,29). The minimum atomic E-state index is -4.41. The maximum Gasteiger partial charge on any atom is 0.273 e. The molecule has 0 unspecified atom stereocenters. The van der Waals surface area contributed by atoms with E-state index in [0.717, 1.165) is 4.31 Å². The number of aliphatic hydroxyl groups excluding tert-OH is 1. The van der Waals surface area contributed by atoms with Crippen molar-refractivity contribution in [3.8, 4) is 0 Å². The number of carbonyl (C=O) groups excluding carboxylic acids is 1. The van der Waals surface area contributed by atoms with E-state index >= 15 is 0 Å². The van der Waals surface area contributed by atoms with Gasteiger partial charge in [0.05, 0.1) is 22.3 Å². The highest BCUT2D eigenvalue weighted by Gasteiger charge is 2.41. The number of hydrogen-bond donors (Lipinski definition) is 2. The van der Waals surface area contributed by atoms with Crippen LogP contribution in [0.2, 0.25) is 15.1 Å². The summed E-state index contributed by atoms with van der Waals surface area (Å²) in [5, 5.41) is 14.2. The molecule has 0 bridgehead atoms. The minimum absolute atomic E-state index is 0.0622. The Hall–Kier alpha value is -2.71. The third kappa shape index (κ3) is 4.17. The van der Waals surface area contributed by atoms with E-state index in [1.807, 2.05) is 0 Å². The van der Waals surface area contributed by atoms with E-state index in [-0.39, 0.29) is 33.5 Å². The van der Waals surface area contributed by atoms with Gasteiger partial charge in [0.15, 0.2) is 10.7 Å². The smallest absolute Gasteiger partial charge is 0.273 e. The Morgan fingerprint density at radius 1 is 0.938 bits per heavy atom. The molecule has 3 aromatic carbocycles. The summed E-state index contributed by atoms with van der Waals surface area (Å²) in [4.78, 5) is 12.2. The highest BCUT2D eigenvalue weighted by Crippen LogP contribution is 2.39. The lowest BCUT2D eigenvalue weighted by molar-refractivity contribution is -0.112. The van der Waals surface area contributed by atoms with Gasteiger partial charge in [-0.05, 0) is 48.0 Å². The molecule has 0 spiro atoms. The van der Waals surface area contributed by atoms with E-state index in [4.69, 9.17) is 34.8 Å². The fourth-order valence-electron chi connectivity index (χ4n) is 3.29. The summed E-state index contributed by atoms with van der Waals surface area (Å²) in [6.07, 6.45) is 0. The first-order valence-corrected chi connectivity index (χ1v) is 11.8. The van der Waals surface area contributed by atoms with Gasteiger partial charge in [0.25, 0.3) is 15.9 Å². The molecule has 0 saturated carbocycles. The lowest BCUT2D eigenvalue weighted by Gasteiger charge is -2.31. The van der Waals surface area contributed by atoms with Gasteiger partial charge in [-0.1, -0.05) is 59.1 Å². The molecule has 2 N–H and O–H groups in total.